The van der Waals surface area contributed by atoms with Crippen molar-refractivity contribution in [3.05, 3.63) is 95.4 Å². The average Bonchev–Trinajstić information content (AvgIpc) is 3.25. The lowest BCUT2D eigenvalue weighted by Crippen LogP contribution is -2.17. The van der Waals surface area contributed by atoms with Gasteiger partial charge in [0, 0.05) is 11.1 Å². The van der Waals surface area contributed by atoms with Crippen LogP contribution in [-0.2, 0) is 20.7 Å². The molecule has 0 bridgehead atoms. The molecule has 1 atom stereocenters. The van der Waals surface area contributed by atoms with Gasteiger partial charge < -0.3 is 18.7 Å². The number of aromatic nitrogens is 1. The summed E-state index contributed by atoms with van der Waals surface area (Å²) in [5.74, 6) is 0.796. The van der Waals surface area contributed by atoms with E-state index in [1.165, 1.54) is 6.07 Å². The van der Waals surface area contributed by atoms with Gasteiger partial charge in [-0.1, -0.05) is 35.5 Å². The molecular weight excluding hydrogens is 491 g/mol. The molecule has 3 aromatic carbocycles. The SMILES string of the molecule is CCOC(=O)Cc1ccc(Oc2ccc(-c3onc(C)c3NC(=O)O[C@H](C)c3ccccc3F)cc2)cc1. The van der Waals surface area contributed by atoms with Crippen LogP contribution >= 0.6 is 0 Å². The first kappa shape index (κ1) is 26.4. The largest absolute Gasteiger partial charge is 0.466 e. The van der Waals surface area contributed by atoms with Gasteiger partial charge in [-0.2, -0.15) is 0 Å². The number of amides is 1. The quantitative estimate of drug-likeness (QED) is 0.238. The summed E-state index contributed by atoms with van der Waals surface area (Å²) in [5.41, 5.74) is 2.56. The maximum Gasteiger partial charge on any atom is 0.412 e. The number of hydrogen-bond donors (Lipinski definition) is 1. The summed E-state index contributed by atoms with van der Waals surface area (Å²) < 4.78 is 35.7. The lowest BCUT2D eigenvalue weighted by Gasteiger charge is -2.15. The molecule has 38 heavy (non-hydrogen) atoms. The summed E-state index contributed by atoms with van der Waals surface area (Å²) in [6, 6.07) is 20.3. The Balaban J connectivity index is 1.40. The van der Waals surface area contributed by atoms with E-state index in [0.29, 0.717) is 40.8 Å². The van der Waals surface area contributed by atoms with Crippen molar-refractivity contribution in [2.24, 2.45) is 0 Å². The number of rotatable bonds is 9. The van der Waals surface area contributed by atoms with E-state index in [1.54, 1.807) is 75.4 Å². The molecule has 1 heterocycles. The van der Waals surface area contributed by atoms with Gasteiger partial charge in [0.05, 0.1) is 13.0 Å². The predicted molar refractivity (Wildman–Crippen MR) is 138 cm³/mol. The lowest BCUT2D eigenvalue weighted by atomic mass is 10.1. The van der Waals surface area contributed by atoms with E-state index in [0.717, 1.165) is 5.56 Å². The molecule has 0 saturated heterocycles. The van der Waals surface area contributed by atoms with Gasteiger partial charge in [0.2, 0.25) is 0 Å². The minimum absolute atomic E-state index is 0.200. The maximum absolute atomic E-state index is 14.0. The fourth-order valence-electron chi connectivity index (χ4n) is 3.74. The van der Waals surface area contributed by atoms with Crippen LogP contribution in [0.1, 0.15) is 36.8 Å². The van der Waals surface area contributed by atoms with Crippen LogP contribution in [0.15, 0.2) is 77.3 Å². The van der Waals surface area contributed by atoms with Crippen LogP contribution in [0.25, 0.3) is 11.3 Å². The number of carbonyl (C=O) groups excluding carboxylic acids is 2. The standard InChI is InChI=1S/C29H27FN2O6/c1-4-35-26(33)17-20-9-13-22(14-10-20)37-23-15-11-21(12-16-23)28-27(18(2)32-38-28)31-29(34)36-19(3)24-7-5-6-8-25(24)30/h5-16,19H,4,17H2,1-3H3,(H,31,34)/t19-/m1/s1. The van der Waals surface area contributed by atoms with Crippen molar-refractivity contribution in [3.8, 4) is 22.8 Å². The molecule has 0 radical (unpaired) electrons. The molecule has 1 N–H and O–H groups in total. The Morgan fingerprint density at radius 2 is 1.66 bits per heavy atom. The van der Waals surface area contributed by atoms with Gasteiger partial charge >= 0.3 is 12.1 Å². The third-order valence-corrected chi connectivity index (χ3v) is 5.65. The molecule has 0 aliphatic rings. The molecule has 9 heteroatoms. The number of hydrogen-bond acceptors (Lipinski definition) is 7. The fraction of sp³-hybridized carbons (Fsp3) is 0.207. The van der Waals surface area contributed by atoms with Crippen LogP contribution in [0.5, 0.6) is 11.5 Å². The van der Waals surface area contributed by atoms with E-state index in [-0.39, 0.29) is 18.0 Å². The third kappa shape index (κ3) is 6.56. The summed E-state index contributed by atoms with van der Waals surface area (Å²) in [4.78, 5) is 24.2. The number of esters is 1. The highest BCUT2D eigenvalue weighted by Gasteiger charge is 2.21. The number of carbonyl (C=O) groups is 2. The zero-order valence-electron chi connectivity index (χ0n) is 21.2. The van der Waals surface area contributed by atoms with Gasteiger partial charge in [-0.05, 0) is 68.8 Å². The van der Waals surface area contributed by atoms with Gasteiger partial charge in [0.25, 0.3) is 0 Å². The molecule has 0 aliphatic carbocycles. The topological polar surface area (TPSA) is 99.9 Å². The van der Waals surface area contributed by atoms with Gasteiger partial charge in [0.15, 0.2) is 5.76 Å². The minimum Gasteiger partial charge on any atom is -0.466 e. The van der Waals surface area contributed by atoms with E-state index in [4.69, 9.17) is 18.7 Å². The molecule has 0 aliphatic heterocycles. The highest BCUT2D eigenvalue weighted by atomic mass is 19.1. The Morgan fingerprint density at radius 1 is 1.00 bits per heavy atom. The first-order valence-electron chi connectivity index (χ1n) is 12.0. The van der Waals surface area contributed by atoms with Gasteiger partial charge in [-0.25, -0.2) is 9.18 Å². The van der Waals surface area contributed by atoms with Crippen LogP contribution in [0.2, 0.25) is 0 Å². The second kappa shape index (κ2) is 12.1. The van der Waals surface area contributed by atoms with E-state index < -0.39 is 18.0 Å². The summed E-state index contributed by atoms with van der Waals surface area (Å²) in [5, 5.41) is 6.61. The minimum atomic E-state index is -0.796. The maximum atomic E-state index is 14.0. The summed E-state index contributed by atoms with van der Waals surface area (Å²) in [7, 11) is 0. The zero-order chi connectivity index (χ0) is 27.1. The van der Waals surface area contributed by atoms with Gasteiger partial charge in [0.1, 0.15) is 34.8 Å². The van der Waals surface area contributed by atoms with Crippen molar-refractivity contribution in [1.29, 1.82) is 0 Å². The number of nitrogens with zero attached hydrogens (tertiary/aromatic N) is 1. The Labute approximate surface area is 219 Å². The van der Waals surface area contributed by atoms with Crippen LogP contribution in [0.4, 0.5) is 14.9 Å². The normalized spacial score (nSPS) is 11.5. The second-order valence-corrected chi connectivity index (χ2v) is 8.42. The molecule has 1 aromatic heterocycles. The van der Waals surface area contributed by atoms with Crippen molar-refractivity contribution in [2.75, 3.05) is 11.9 Å². The van der Waals surface area contributed by atoms with Crippen molar-refractivity contribution in [3.63, 3.8) is 0 Å². The van der Waals surface area contributed by atoms with E-state index in [2.05, 4.69) is 10.5 Å². The lowest BCUT2D eigenvalue weighted by molar-refractivity contribution is -0.142. The van der Waals surface area contributed by atoms with Crippen LogP contribution < -0.4 is 10.1 Å². The molecule has 196 valence electrons. The molecule has 1 amide bonds. The summed E-state index contributed by atoms with van der Waals surface area (Å²) in [6.07, 6.45) is -1.36. The van der Waals surface area contributed by atoms with E-state index >= 15 is 0 Å². The number of halogens is 1. The van der Waals surface area contributed by atoms with Crippen molar-refractivity contribution in [2.45, 2.75) is 33.3 Å². The molecule has 0 unspecified atom stereocenters. The Kier molecular flexibility index (Phi) is 8.37. The number of ether oxygens (including phenoxy) is 3. The molecular formula is C29H27FN2O6. The third-order valence-electron chi connectivity index (χ3n) is 5.65. The molecule has 4 aromatic rings. The summed E-state index contributed by atoms with van der Waals surface area (Å²) >= 11 is 0. The van der Waals surface area contributed by atoms with Crippen LogP contribution in [0.3, 0.4) is 0 Å². The number of nitrogens with one attached hydrogen (secondary N) is 1. The Hall–Kier alpha value is -4.66. The number of anilines is 1. The smallest absolute Gasteiger partial charge is 0.412 e. The number of aryl methyl sites for hydroxylation is 1. The zero-order valence-corrected chi connectivity index (χ0v) is 21.2. The first-order valence-corrected chi connectivity index (χ1v) is 12.0. The molecule has 0 saturated carbocycles. The van der Waals surface area contributed by atoms with Crippen LogP contribution in [-0.4, -0.2) is 23.8 Å². The Bertz CT molecular complexity index is 1400. The molecule has 0 fully saturated rings. The molecule has 0 spiro atoms. The van der Waals surface area contributed by atoms with Crippen molar-refractivity contribution < 1.29 is 32.7 Å². The van der Waals surface area contributed by atoms with E-state index in [9.17, 15) is 14.0 Å². The van der Waals surface area contributed by atoms with Gasteiger partial charge in [-0.3, -0.25) is 10.1 Å². The highest BCUT2D eigenvalue weighted by Crippen LogP contribution is 2.33. The monoisotopic (exact) mass is 518 g/mol. The van der Waals surface area contributed by atoms with Crippen molar-refractivity contribution in [1.82, 2.24) is 5.16 Å². The summed E-state index contributed by atoms with van der Waals surface area (Å²) in [6.45, 7) is 5.39. The van der Waals surface area contributed by atoms with E-state index in [1.807, 2.05) is 12.1 Å². The van der Waals surface area contributed by atoms with Crippen molar-refractivity contribution >= 4 is 17.7 Å². The van der Waals surface area contributed by atoms with Crippen LogP contribution in [0, 0.1) is 12.7 Å². The number of benzene rings is 3. The second-order valence-electron chi connectivity index (χ2n) is 8.42. The highest BCUT2D eigenvalue weighted by molar-refractivity contribution is 5.90. The Morgan fingerprint density at radius 3 is 2.32 bits per heavy atom. The molecule has 8 nitrogen and oxygen atoms in total. The molecule has 4 rings (SSSR count). The fourth-order valence-corrected chi connectivity index (χ4v) is 3.74. The predicted octanol–water partition coefficient (Wildman–Crippen LogP) is 7.00. The van der Waals surface area contributed by atoms with Gasteiger partial charge in [-0.15, -0.1) is 0 Å². The average molecular weight is 519 g/mol. The first-order chi connectivity index (χ1) is 18.3.